The maximum Gasteiger partial charge on any atom is 0.259 e. The molecule has 6 nitrogen and oxygen atoms in total. The SMILES string of the molecule is CCC(CC)C(=O)N1CCC(NC(=O)c2c(OC)cccc2OC)CC1. The van der Waals surface area contributed by atoms with Crippen molar-refractivity contribution in [2.45, 2.75) is 45.6 Å². The molecule has 0 unspecified atom stereocenters. The Kier molecular flexibility index (Phi) is 7.30. The molecule has 1 heterocycles. The Morgan fingerprint density at radius 2 is 1.65 bits per heavy atom. The van der Waals surface area contributed by atoms with Crippen molar-refractivity contribution in [1.29, 1.82) is 0 Å². The summed E-state index contributed by atoms with van der Waals surface area (Å²) in [6.07, 6.45) is 3.27. The van der Waals surface area contributed by atoms with Crippen molar-refractivity contribution in [2.75, 3.05) is 27.3 Å². The molecule has 0 aliphatic carbocycles. The summed E-state index contributed by atoms with van der Waals surface area (Å²) in [5.74, 6) is 1.13. The van der Waals surface area contributed by atoms with Crippen molar-refractivity contribution < 1.29 is 19.1 Å². The fraction of sp³-hybridized carbons (Fsp3) is 0.600. The number of piperidine rings is 1. The molecule has 0 radical (unpaired) electrons. The fourth-order valence-corrected chi connectivity index (χ4v) is 3.47. The van der Waals surface area contributed by atoms with Gasteiger partial charge in [-0.2, -0.15) is 0 Å². The molecule has 6 heteroatoms. The van der Waals surface area contributed by atoms with E-state index in [1.54, 1.807) is 18.2 Å². The van der Waals surface area contributed by atoms with Crippen molar-refractivity contribution in [2.24, 2.45) is 5.92 Å². The van der Waals surface area contributed by atoms with E-state index in [0.29, 0.717) is 30.2 Å². The number of benzene rings is 1. The number of hydrogen-bond acceptors (Lipinski definition) is 4. The summed E-state index contributed by atoms with van der Waals surface area (Å²) >= 11 is 0. The number of likely N-dealkylation sites (tertiary alicyclic amines) is 1. The molecule has 2 amide bonds. The van der Waals surface area contributed by atoms with E-state index in [1.165, 1.54) is 14.2 Å². The average Bonchev–Trinajstić information content (AvgIpc) is 2.68. The Bertz CT molecular complexity index is 598. The van der Waals surface area contributed by atoms with E-state index >= 15 is 0 Å². The standard InChI is InChI=1S/C20H30N2O4/c1-5-14(6-2)20(24)22-12-10-15(11-13-22)21-19(23)18-16(25-3)8-7-9-17(18)26-4/h7-9,14-15H,5-6,10-13H2,1-4H3,(H,21,23). The molecular formula is C20H30N2O4. The number of rotatable bonds is 7. The number of nitrogens with zero attached hydrogens (tertiary/aromatic N) is 1. The second kappa shape index (κ2) is 9.46. The van der Waals surface area contributed by atoms with Crippen molar-refractivity contribution in [3.63, 3.8) is 0 Å². The van der Waals surface area contributed by atoms with Crippen LogP contribution in [0.4, 0.5) is 0 Å². The first-order valence-electron chi connectivity index (χ1n) is 9.36. The van der Waals surface area contributed by atoms with E-state index in [0.717, 1.165) is 25.7 Å². The quantitative estimate of drug-likeness (QED) is 0.810. The van der Waals surface area contributed by atoms with E-state index < -0.39 is 0 Å². The minimum Gasteiger partial charge on any atom is -0.496 e. The van der Waals surface area contributed by atoms with Gasteiger partial charge in [-0.05, 0) is 37.8 Å². The molecule has 1 aromatic carbocycles. The molecule has 1 fully saturated rings. The Labute approximate surface area is 155 Å². The third-order valence-corrected chi connectivity index (χ3v) is 5.13. The van der Waals surface area contributed by atoms with Crippen LogP contribution in [0.2, 0.25) is 0 Å². The smallest absolute Gasteiger partial charge is 0.259 e. The van der Waals surface area contributed by atoms with Gasteiger partial charge < -0.3 is 19.7 Å². The summed E-state index contributed by atoms with van der Waals surface area (Å²) in [5.41, 5.74) is 0.410. The lowest BCUT2D eigenvalue weighted by Crippen LogP contribution is -2.48. The lowest BCUT2D eigenvalue weighted by atomic mass is 9.98. The van der Waals surface area contributed by atoms with Gasteiger partial charge >= 0.3 is 0 Å². The Morgan fingerprint density at radius 1 is 1.12 bits per heavy atom. The van der Waals surface area contributed by atoms with Gasteiger partial charge in [-0.1, -0.05) is 19.9 Å². The van der Waals surface area contributed by atoms with Crippen LogP contribution < -0.4 is 14.8 Å². The third-order valence-electron chi connectivity index (χ3n) is 5.13. The zero-order valence-electron chi connectivity index (χ0n) is 16.2. The summed E-state index contributed by atoms with van der Waals surface area (Å²) < 4.78 is 10.6. The monoisotopic (exact) mass is 362 g/mol. The van der Waals surface area contributed by atoms with Crippen LogP contribution >= 0.6 is 0 Å². The molecule has 0 saturated carbocycles. The van der Waals surface area contributed by atoms with E-state index in [-0.39, 0.29) is 23.8 Å². The first kappa shape index (κ1) is 20.1. The van der Waals surface area contributed by atoms with Gasteiger partial charge in [0.2, 0.25) is 5.91 Å². The summed E-state index contributed by atoms with van der Waals surface area (Å²) in [4.78, 5) is 27.2. The maximum atomic E-state index is 12.7. The van der Waals surface area contributed by atoms with Gasteiger partial charge in [-0.3, -0.25) is 9.59 Å². The first-order valence-corrected chi connectivity index (χ1v) is 9.36. The molecule has 1 aliphatic heterocycles. The number of carbonyl (C=O) groups is 2. The normalized spacial score (nSPS) is 15.0. The second-order valence-electron chi connectivity index (χ2n) is 6.62. The van der Waals surface area contributed by atoms with Gasteiger partial charge in [0.05, 0.1) is 14.2 Å². The highest BCUT2D eigenvalue weighted by molar-refractivity contribution is 5.99. The molecule has 1 saturated heterocycles. The highest BCUT2D eigenvalue weighted by Gasteiger charge is 2.28. The number of nitrogens with one attached hydrogen (secondary N) is 1. The van der Waals surface area contributed by atoms with E-state index in [4.69, 9.17) is 9.47 Å². The second-order valence-corrected chi connectivity index (χ2v) is 6.62. The summed E-state index contributed by atoms with van der Waals surface area (Å²) in [7, 11) is 3.07. The predicted molar refractivity (Wildman–Crippen MR) is 101 cm³/mol. The first-order chi connectivity index (χ1) is 12.5. The summed E-state index contributed by atoms with van der Waals surface area (Å²) in [6, 6.07) is 5.32. The van der Waals surface area contributed by atoms with Crippen molar-refractivity contribution in [3.05, 3.63) is 23.8 Å². The summed E-state index contributed by atoms with van der Waals surface area (Å²) in [6.45, 7) is 5.48. The van der Waals surface area contributed by atoms with Crippen LogP contribution in [-0.2, 0) is 4.79 Å². The lowest BCUT2D eigenvalue weighted by Gasteiger charge is -2.34. The Morgan fingerprint density at radius 3 is 2.12 bits per heavy atom. The number of amides is 2. The number of carbonyl (C=O) groups excluding carboxylic acids is 2. The molecule has 0 bridgehead atoms. The van der Waals surface area contributed by atoms with Crippen LogP contribution in [0.5, 0.6) is 11.5 Å². The summed E-state index contributed by atoms with van der Waals surface area (Å²) in [5, 5.41) is 3.06. The molecule has 1 aliphatic rings. The van der Waals surface area contributed by atoms with Crippen LogP contribution in [0.15, 0.2) is 18.2 Å². The average molecular weight is 362 g/mol. The maximum absolute atomic E-state index is 12.7. The highest BCUT2D eigenvalue weighted by atomic mass is 16.5. The van der Waals surface area contributed by atoms with E-state index in [9.17, 15) is 9.59 Å². The highest BCUT2D eigenvalue weighted by Crippen LogP contribution is 2.28. The molecule has 2 rings (SSSR count). The molecule has 26 heavy (non-hydrogen) atoms. The number of ether oxygens (including phenoxy) is 2. The zero-order valence-corrected chi connectivity index (χ0v) is 16.2. The molecule has 1 aromatic rings. The van der Waals surface area contributed by atoms with Crippen LogP contribution in [0, 0.1) is 5.92 Å². The lowest BCUT2D eigenvalue weighted by molar-refractivity contribution is -0.136. The topological polar surface area (TPSA) is 67.9 Å². The van der Waals surface area contributed by atoms with E-state index in [1.807, 2.05) is 4.90 Å². The minimum atomic E-state index is -0.205. The van der Waals surface area contributed by atoms with Crippen LogP contribution in [-0.4, -0.2) is 50.1 Å². The molecule has 0 spiro atoms. The molecule has 144 valence electrons. The predicted octanol–water partition coefficient (Wildman–Crippen LogP) is 2.86. The van der Waals surface area contributed by atoms with Gasteiger partial charge in [-0.25, -0.2) is 0 Å². The molecule has 0 aromatic heterocycles. The largest absolute Gasteiger partial charge is 0.496 e. The molecular weight excluding hydrogens is 332 g/mol. The zero-order chi connectivity index (χ0) is 19.1. The van der Waals surface area contributed by atoms with E-state index in [2.05, 4.69) is 19.2 Å². The molecule has 1 N–H and O–H groups in total. The van der Waals surface area contributed by atoms with Gasteiger partial charge in [0.25, 0.3) is 5.91 Å². The van der Waals surface area contributed by atoms with Crippen LogP contribution in [0.1, 0.15) is 49.9 Å². The number of hydrogen-bond donors (Lipinski definition) is 1. The van der Waals surface area contributed by atoms with Crippen molar-refractivity contribution in [3.8, 4) is 11.5 Å². The Hall–Kier alpha value is -2.24. The fourth-order valence-electron chi connectivity index (χ4n) is 3.47. The van der Waals surface area contributed by atoms with Gasteiger partial charge in [-0.15, -0.1) is 0 Å². The Balaban J connectivity index is 1.98. The molecule has 0 atom stereocenters. The van der Waals surface area contributed by atoms with Crippen LogP contribution in [0.3, 0.4) is 0 Å². The van der Waals surface area contributed by atoms with Crippen LogP contribution in [0.25, 0.3) is 0 Å². The third kappa shape index (κ3) is 4.48. The van der Waals surface area contributed by atoms with Crippen molar-refractivity contribution >= 4 is 11.8 Å². The van der Waals surface area contributed by atoms with Gasteiger partial charge in [0, 0.05) is 25.0 Å². The van der Waals surface area contributed by atoms with Gasteiger partial charge in [0.15, 0.2) is 0 Å². The van der Waals surface area contributed by atoms with Crippen molar-refractivity contribution in [1.82, 2.24) is 10.2 Å². The van der Waals surface area contributed by atoms with Gasteiger partial charge in [0.1, 0.15) is 17.1 Å². The minimum absolute atomic E-state index is 0.0443. The number of methoxy groups -OCH3 is 2.